The van der Waals surface area contributed by atoms with Crippen molar-refractivity contribution < 1.29 is 32.1 Å². The van der Waals surface area contributed by atoms with Crippen LogP contribution in [-0.4, -0.2) is 35.5 Å². The number of rotatable bonds is 6. The molecule has 9 heteroatoms. The maximum Gasteiger partial charge on any atom is 0.264 e. The third kappa shape index (κ3) is 3.75. The third-order valence-corrected chi connectivity index (χ3v) is 7.00. The van der Waals surface area contributed by atoms with E-state index in [2.05, 4.69) is 0 Å². The summed E-state index contributed by atoms with van der Waals surface area (Å²) >= 11 is 0. The lowest BCUT2D eigenvalue weighted by molar-refractivity contribution is 0.171. The molecule has 0 N–H and O–H groups in total. The topological polar surface area (TPSA) is 83.5 Å². The Kier molecular flexibility index (Phi) is 5.18. The summed E-state index contributed by atoms with van der Waals surface area (Å²) < 4.78 is 56.0. The molecule has 0 fully saturated rings. The van der Waals surface area contributed by atoms with Crippen LogP contribution >= 0.6 is 0 Å². The van der Waals surface area contributed by atoms with Gasteiger partial charge in [-0.1, -0.05) is 6.07 Å². The van der Waals surface area contributed by atoms with Crippen molar-refractivity contribution in [1.82, 2.24) is 0 Å². The Morgan fingerprint density at radius 3 is 2.25 bits per heavy atom. The van der Waals surface area contributed by atoms with Gasteiger partial charge in [0.15, 0.2) is 23.0 Å². The average Bonchev–Trinajstić information content (AvgIpc) is 3.30. The smallest absolute Gasteiger partial charge is 0.264 e. The maximum atomic E-state index is 13.8. The second kappa shape index (κ2) is 8.16. The summed E-state index contributed by atoms with van der Waals surface area (Å²) in [6.07, 6.45) is 0. The van der Waals surface area contributed by atoms with Crippen molar-refractivity contribution in [3.63, 3.8) is 0 Å². The predicted octanol–water partition coefficient (Wildman–Crippen LogP) is 3.59. The first kappa shape index (κ1) is 20.3. The summed E-state index contributed by atoms with van der Waals surface area (Å²) in [6, 6.07) is 16.9. The van der Waals surface area contributed by atoms with Crippen molar-refractivity contribution >= 4 is 15.7 Å². The van der Waals surface area contributed by atoms with Crippen molar-refractivity contribution in [2.24, 2.45) is 0 Å². The number of ether oxygens (including phenoxy) is 5. The average molecular weight is 455 g/mol. The van der Waals surface area contributed by atoms with E-state index in [0.717, 1.165) is 5.56 Å². The zero-order valence-corrected chi connectivity index (χ0v) is 18.1. The van der Waals surface area contributed by atoms with Crippen LogP contribution in [0.4, 0.5) is 5.69 Å². The highest BCUT2D eigenvalue weighted by Gasteiger charge is 2.28. The predicted molar refractivity (Wildman–Crippen MR) is 116 cm³/mol. The van der Waals surface area contributed by atoms with Crippen LogP contribution < -0.4 is 28.0 Å². The Morgan fingerprint density at radius 1 is 0.812 bits per heavy atom. The monoisotopic (exact) mass is 455 g/mol. The number of methoxy groups -OCH3 is 1. The minimum atomic E-state index is -3.93. The van der Waals surface area contributed by atoms with Gasteiger partial charge in [-0.05, 0) is 54.1 Å². The van der Waals surface area contributed by atoms with Crippen LogP contribution in [0.2, 0.25) is 0 Å². The summed E-state index contributed by atoms with van der Waals surface area (Å²) in [4.78, 5) is 0.110. The van der Waals surface area contributed by atoms with Gasteiger partial charge >= 0.3 is 0 Å². The fourth-order valence-corrected chi connectivity index (χ4v) is 5.05. The lowest BCUT2D eigenvalue weighted by Gasteiger charge is -2.26. The highest BCUT2D eigenvalue weighted by molar-refractivity contribution is 7.92. The van der Waals surface area contributed by atoms with Crippen LogP contribution in [-0.2, 0) is 16.6 Å². The number of anilines is 1. The van der Waals surface area contributed by atoms with Gasteiger partial charge in [0, 0.05) is 6.07 Å². The van der Waals surface area contributed by atoms with Crippen LogP contribution in [0.3, 0.4) is 0 Å². The van der Waals surface area contributed by atoms with Gasteiger partial charge < -0.3 is 23.7 Å². The second-order valence-electron chi connectivity index (χ2n) is 7.20. The van der Waals surface area contributed by atoms with Crippen LogP contribution in [0.5, 0.6) is 28.7 Å². The quantitative estimate of drug-likeness (QED) is 0.562. The van der Waals surface area contributed by atoms with Crippen molar-refractivity contribution in [1.29, 1.82) is 0 Å². The largest absolute Gasteiger partial charge is 0.497 e. The second-order valence-corrected chi connectivity index (χ2v) is 9.07. The van der Waals surface area contributed by atoms with Crippen LogP contribution in [0.1, 0.15) is 5.56 Å². The van der Waals surface area contributed by atoms with Gasteiger partial charge in [0.05, 0.1) is 24.2 Å². The molecule has 0 saturated carbocycles. The zero-order chi connectivity index (χ0) is 22.1. The van der Waals surface area contributed by atoms with Crippen molar-refractivity contribution in [2.75, 3.05) is 31.4 Å². The fourth-order valence-electron chi connectivity index (χ4n) is 3.58. The minimum Gasteiger partial charge on any atom is -0.497 e. The lowest BCUT2D eigenvalue weighted by atomic mass is 10.2. The molecule has 0 unspecified atom stereocenters. The molecule has 0 spiro atoms. The van der Waals surface area contributed by atoms with E-state index < -0.39 is 10.0 Å². The summed E-state index contributed by atoms with van der Waals surface area (Å²) in [5.74, 6) is 2.80. The van der Waals surface area contributed by atoms with E-state index >= 15 is 0 Å². The molecule has 8 nitrogen and oxygen atoms in total. The molecule has 2 aliphatic heterocycles. The summed E-state index contributed by atoms with van der Waals surface area (Å²) in [6.45, 7) is 1.05. The van der Waals surface area contributed by atoms with Gasteiger partial charge in [0.2, 0.25) is 6.79 Å². The number of sulfonamides is 1. The van der Waals surface area contributed by atoms with Gasteiger partial charge in [0.1, 0.15) is 19.0 Å². The standard InChI is InChI=1S/C23H21NO7S/c1-27-18-5-3-17(4-6-18)24(14-16-2-8-21-22(12-16)31-15-30-21)32(25,26)19-7-9-20-23(13-19)29-11-10-28-20/h2-9,12-13H,10-11,14-15H2,1H3. The van der Waals surface area contributed by atoms with Gasteiger partial charge in [-0.25, -0.2) is 8.42 Å². The fraction of sp³-hybridized carbons (Fsp3) is 0.217. The summed E-state index contributed by atoms with van der Waals surface area (Å²) in [7, 11) is -2.37. The van der Waals surface area contributed by atoms with E-state index in [0.29, 0.717) is 47.6 Å². The molecule has 0 aliphatic carbocycles. The van der Waals surface area contributed by atoms with Crippen molar-refractivity contribution in [2.45, 2.75) is 11.4 Å². The van der Waals surface area contributed by atoms with E-state index in [4.69, 9.17) is 23.7 Å². The molecule has 0 atom stereocenters. The highest BCUT2D eigenvalue weighted by Crippen LogP contribution is 2.37. The minimum absolute atomic E-state index is 0.0970. The molecule has 3 aromatic carbocycles. The molecule has 0 aromatic heterocycles. The third-order valence-electron chi connectivity index (χ3n) is 5.23. The zero-order valence-electron chi connectivity index (χ0n) is 17.3. The molecule has 5 rings (SSSR count). The van der Waals surface area contributed by atoms with Crippen molar-refractivity contribution in [3.8, 4) is 28.7 Å². The number of hydrogen-bond donors (Lipinski definition) is 0. The van der Waals surface area contributed by atoms with Crippen molar-refractivity contribution in [3.05, 3.63) is 66.2 Å². The Morgan fingerprint density at radius 2 is 1.47 bits per heavy atom. The molecule has 3 aromatic rings. The van der Waals surface area contributed by atoms with Gasteiger partial charge in [-0.2, -0.15) is 0 Å². The Balaban J connectivity index is 1.55. The first-order valence-corrected chi connectivity index (χ1v) is 11.4. The van der Waals surface area contributed by atoms with E-state index in [1.54, 1.807) is 49.6 Å². The molecule has 2 heterocycles. The normalized spacial score (nSPS) is 14.2. The van der Waals surface area contributed by atoms with Gasteiger partial charge in [-0.3, -0.25) is 4.31 Å². The Labute approximate surface area is 185 Å². The number of hydrogen-bond acceptors (Lipinski definition) is 7. The summed E-state index contributed by atoms with van der Waals surface area (Å²) in [5.41, 5.74) is 1.25. The van der Waals surface area contributed by atoms with Crippen LogP contribution in [0, 0.1) is 0 Å². The van der Waals surface area contributed by atoms with Crippen LogP contribution in [0.25, 0.3) is 0 Å². The molecule has 2 aliphatic rings. The molecule has 32 heavy (non-hydrogen) atoms. The van der Waals surface area contributed by atoms with E-state index in [9.17, 15) is 8.42 Å². The number of nitrogens with zero attached hydrogens (tertiary/aromatic N) is 1. The number of fused-ring (bicyclic) bond motifs is 2. The van der Waals surface area contributed by atoms with Crippen LogP contribution in [0.15, 0.2) is 65.6 Å². The SMILES string of the molecule is COc1ccc(N(Cc2ccc3c(c2)OCO3)S(=O)(=O)c2ccc3c(c2)OCCO3)cc1. The first-order chi connectivity index (χ1) is 15.5. The van der Waals surface area contributed by atoms with E-state index in [-0.39, 0.29) is 18.2 Å². The molecule has 0 bridgehead atoms. The Hall–Kier alpha value is -3.59. The molecular formula is C23H21NO7S. The molecule has 0 saturated heterocycles. The van der Waals surface area contributed by atoms with E-state index in [1.807, 2.05) is 6.07 Å². The van der Waals surface area contributed by atoms with Gasteiger partial charge in [-0.15, -0.1) is 0 Å². The Bertz CT molecular complexity index is 1240. The number of benzene rings is 3. The van der Waals surface area contributed by atoms with E-state index in [1.165, 1.54) is 16.4 Å². The first-order valence-electron chi connectivity index (χ1n) is 9.99. The lowest BCUT2D eigenvalue weighted by Crippen LogP contribution is -2.30. The molecule has 166 valence electrons. The molecular weight excluding hydrogens is 434 g/mol. The van der Waals surface area contributed by atoms with Gasteiger partial charge in [0.25, 0.3) is 10.0 Å². The molecule has 0 radical (unpaired) electrons. The summed E-state index contributed by atoms with van der Waals surface area (Å²) in [5, 5.41) is 0. The molecule has 0 amide bonds. The maximum absolute atomic E-state index is 13.8. The highest BCUT2D eigenvalue weighted by atomic mass is 32.2.